The monoisotopic (exact) mass is 498 g/mol. The zero-order chi connectivity index (χ0) is 23.3. The second-order valence-corrected chi connectivity index (χ2v) is 10.1. The molecule has 2 N–H and O–H groups in total. The highest BCUT2D eigenvalue weighted by Crippen LogP contribution is 2.29. The first-order chi connectivity index (χ1) is 15.3. The van der Waals surface area contributed by atoms with Crippen molar-refractivity contribution in [3.63, 3.8) is 0 Å². The average molecular weight is 499 g/mol. The molecule has 1 unspecified atom stereocenters. The van der Waals surface area contributed by atoms with E-state index in [9.17, 15) is 23.6 Å². The van der Waals surface area contributed by atoms with Crippen molar-refractivity contribution in [3.8, 4) is 6.07 Å². The predicted octanol–water partition coefficient (Wildman–Crippen LogP) is 2.63. The fraction of sp³-hybridized carbons (Fsp3) is 0.429. The SMILES string of the molecule is N#Cc1cccn1CCC(NS(=O)(=O)c1c(Cl)cccc1Cl)C(=O)N1CCC(CO)CC1. The summed E-state index contributed by atoms with van der Waals surface area (Å²) in [7, 11) is -4.20. The molecule has 172 valence electrons. The van der Waals surface area contributed by atoms with E-state index < -0.39 is 16.1 Å². The summed E-state index contributed by atoms with van der Waals surface area (Å²) in [5.74, 6) is -0.229. The molecule has 0 bridgehead atoms. The van der Waals surface area contributed by atoms with Crippen molar-refractivity contribution >= 4 is 39.1 Å². The highest BCUT2D eigenvalue weighted by atomic mass is 35.5. The zero-order valence-electron chi connectivity index (χ0n) is 17.2. The molecule has 1 aromatic heterocycles. The number of aromatic nitrogens is 1. The molecule has 1 aliphatic heterocycles. The minimum atomic E-state index is -4.20. The van der Waals surface area contributed by atoms with Gasteiger partial charge in [-0.05, 0) is 49.4 Å². The molecule has 2 aromatic rings. The van der Waals surface area contributed by atoms with Gasteiger partial charge in [-0.1, -0.05) is 29.3 Å². The lowest BCUT2D eigenvalue weighted by Gasteiger charge is -2.34. The van der Waals surface area contributed by atoms with Gasteiger partial charge in [0, 0.05) is 32.4 Å². The fourth-order valence-electron chi connectivity index (χ4n) is 3.75. The van der Waals surface area contributed by atoms with Crippen molar-refractivity contribution < 1.29 is 18.3 Å². The fourth-order valence-corrected chi connectivity index (χ4v) is 6.12. The molecule has 0 spiro atoms. The molecular weight excluding hydrogens is 475 g/mol. The van der Waals surface area contributed by atoms with Crippen LogP contribution in [0.5, 0.6) is 0 Å². The third-order valence-electron chi connectivity index (χ3n) is 5.57. The van der Waals surface area contributed by atoms with Crippen LogP contribution in [0.1, 0.15) is 25.0 Å². The Kier molecular flexibility index (Phi) is 8.20. The number of sulfonamides is 1. The first-order valence-corrected chi connectivity index (χ1v) is 12.4. The summed E-state index contributed by atoms with van der Waals surface area (Å²) in [4.78, 5) is 14.6. The van der Waals surface area contributed by atoms with Crippen molar-refractivity contribution in [1.82, 2.24) is 14.2 Å². The molecule has 1 aromatic carbocycles. The molecule has 2 heterocycles. The van der Waals surface area contributed by atoms with Crippen LogP contribution in [-0.4, -0.2) is 54.6 Å². The molecule has 1 amide bonds. The Hall–Kier alpha value is -2.09. The summed E-state index contributed by atoms with van der Waals surface area (Å²) in [5.41, 5.74) is 0.414. The van der Waals surface area contributed by atoms with Crippen LogP contribution in [0.15, 0.2) is 41.4 Å². The van der Waals surface area contributed by atoms with Crippen molar-refractivity contribution in [1.29, 1.82) is 5.26 Å². The maximum atomic E-state index is 13.3. The first-order valence-electron chi connectivity index (χ1n) is 10.2. The zero-order valence-corrected chi connectivity index (χ0v) is 19.6. The average Bonchev–Trinajstić information content (AvgIpc) is 3.23. The number of aliphatic hydroxyl groups is 1. The summed E-state index contributed by atoms with van der Waals surface area (Å²) < 4.78 is 30.4. The van der Waals surface area contributed by atoms with E-state index in [1.165, 1.54) is 18.2 Å². The number of nitrogens with zero attached hydrogens (tertiary/aromatic N) is 3. The molecule has 1 atom stereocenters. The molecule has 3 rings (SSSR count). The number of likely N-dealkylation sites (tertiary alicyclic amines) is 1. The molecule has 32 heavy (non-hydrogen) atoms. The maximum Gasteiger partial charge on any atom is 0.244 e. The summed E-state index contributed by atoms with van der Waals surface area (Å²) in [6.07, 6.45) is 3.12. The lowest BCUT2D eigenvalue weighted by Crippen LogP contribution is -2.51. The third kappa shape index (κ3) is 5.63. The Morgan fingerprint density at radius 1 is 1.22 bits per heavy atom. The number of carbonyl (C=O) groups is 1. The van der Waals surface area contributed by atoms with Crippen molar-refractivity contribution in [3.05, 3.63) is 52.3 Å². The van der Waals surface area contributed by atoms with Crippen LogP contribution in [0.2, 0.25) is 10.0 Å². The smallest absolute Gasteiger partial charge is 0.244 e. The predicted molar refractivity (Wildman–Crippen MR) is 121 cm³/mol. The van der Waals surface area contributed by atoms with Crippen molar-refractivity contribution in [2.24, 2.45) is 5.92 Å². The van der Waals surface area contributed by atoms with E-state index in [1.54, 1.807) is 27.8 Å². The number of piperidine rings is 1. The van der Waals surface area contributed by atoms with E-state index in [1.807, 2.05) is 0 Å². The van der Waals surface area contributed by atoms with Gasteiger partial charge in [0.2, 0.25) is 15.9 Å². The number of rotatable bonds is 8. The van der Waals surface area contributed by atoms with Gasteiger partial charge in [0.15, 0.2) is 0 Å². The number of carbonyl (C=O) groups excluding carboxylic acids is 1. The van der Waals surface area contributed by atoms with Crippen LogP contribution < -0.4 is 4.72 Å². The van der Waals surface area contributed by atoms with E-state index in [0.29, 0.717) is 31.6 Å². The number of nitriles is 1. The van der Waals surface area contributed by atoms with E-state index in [-0.39, 0.29) is 46.3 Å². The summed E-state index contributed by atoms with van der Waals surface area (Å²) >= 11 is 12.2. The Labute approximate surface area is 197 Å². The van der Waals surface area contributed by atoms with Gasteiger partial charge in [-0.15, -0.1) is 0 Å². The topological polar surface area (TPSA) is 115 Å². The number of hydrogen-bond acceptors (Lipinski definition) is 5. The van der Waals surface area contributed by atoms with Crippen LogP contribution in [0.3, 0.4) is 0 Å². The third-order valence-corrected chi connectivity index (χ3v) is 8.00. The Morgan fingerprint density at radius 2 is 1.88 bits per heavy atom. The van der Waals surface area contributed by atoms with E-state index in [2.05, 4.69) is 10.8 Å². The van der Waals surface area contributed by atoms with Crippen LogP contribution in [0.4, 0.5) is 0 Å². The maximum absolute atomic E-state index is 13.3. The highest BCUT2D eigenvalue weighted by Gasteiger charge is 2.33. The lowest BCUT2D eigenvalue weighted by atomic mass is 9.97. The molecule has 8 nitrogen and oxygen atoms in total. The molecule has 0 radical (unpaired) electrons. The van der Waals surface area contributed by atoms with Gasteiger partial charge in [-0.25, -0.2) is 8.42 Å². The molecular formula is C21H24Cl2N4O4S. The van der Waals surface area contributed by atoms with Crippen molar-refractivity contribution in [2.75, 3.05) is 19.7 Å². The van der Waals surface area contributed by atoms with Crippen LogP contribution >= 0.6 is 23.2 Å². The van der Waals surface area contributed by atoms with Gasteiger partial charge in [-0.3, -0.25) is 4.79 Å². The van der Waals surface area contributed by atoms with Gasteiger partial charge in [0.1, 0.15) is 22.7 Å². The summed E-state index contributed by atoms with van der Waals surface area (Å²) in [6, 6.07) is 8.70. The van der Waals surface area contributed by atoms with E-state index in [4.69, 9.17) is 23.2 Å². The summed E-state index contributed by atoms with van der Waals surface area (Å²) in [6.45, 7) is 1.19. The minimum Gasteiger partial charge on any atom is -0.396 e. The van der Waals surface area contributed by atoms with Crippen LogP contribution in [0, 0.1) is 17.2 Å². The molecule has 11 heteroatoms. The number of benzene rings is 1. The quantitative estimate of drug-likeness (QED) is 0.580. The van der Waals surface area contributed by atoms with E-state index >= 15 is 0 Å². The van der Waals surface area contributed by atoms with Gasteiger partial charge in [0.25, 0.3) is 0 Å². The van der Waals surface area contributed by atoms with Gasteiger partial charge < -0.3 is 14.6 Å². The first kappa shape index (κ1) is 24.6. The Morgan fingerprint density at radius 3 is 2.47 bits per heavy atom. The highest BCUT2D eigenvalue weighted by molar-refractivity contribution is 7.89. The molecule has 1 saturated heterocycles. The number of aryl methyl sites for hydroxylation is 1. The lowest BCUT2D eigenvalue weighted by molar-refractivity contribution is -0.134. The number of nitrogens with one attached hydrogen (secondary N) is 1. The number of aliphatic hydroxyl groups excluding tert-OH is 1. The van der Waals surface area contributed by atoms with Gasteiger partial charge in [-0.2, -0.15) is 9.98 Å². The Balaban J connectivity index is 1.84. The van der Waals surface area contributed by atoms with Crippen molar-refractivity contribution in [2.45, 2.75) is 36.7 Å². The largest absolute Gasteiger partial charge is 0.396 e. The molecule has 1 fully saturated rings. The van der Waals surface area contributed by atoms with Gasteiger partial charge >= 0.3 is 0 Å². The normalized spacial score (nSPS) is 16.0. The minimum absolute atomic E-state index is 0.0443. The van der Waals surface area contributed by atoms with Crippen LogP contribution in [-0.2, 0) is 21.4 Å². The van der Waals surface area contributed by atoms with Crippen LogP contribution in [0.25, 0.3) is 0 Å². The standard InChI is InChI=1S/C21H24Cl2N4O4S/c22-17-4-1-5-18(23)20(17)32(30,31)25-19(8-12-26-9-2-3-16(26)13-24)21(29)27-10-6-15(14-28)7-11-27/h1-5,9,15,19,25,28H,6-8,10-12,14H2. The molecule has 0 aliphatic carbocycles. The Bertz CT molecular complexity index is 1080. The number of halogens is 2. The second kappa shape index (κ2) is 10.7. The molecule has 0 saturated carbocycles. The van der Waals surface area contributed by atoms with Gasteiger partial charge in [0.05, 0.1) is 10.0 Å². The number of amides is 1. The number of hydrogen-bond donors (Lipinski definition) is 2. The molecule has 1 aliphatic rings. The summed E-state index contributed by atoms with van der Waals surface area (Å²) in [5, 5.41) is 18.5. The van der Waals surface area contributed by atoms with E-state index in [0.717, 1.165) is 0 Å². The second-order valence-electron chi connectivity index (χ2n) is 7.66.